The third kappa shape index (κ3) is 2.78. The molecule has 0 amide bonds. The van der Waals surface area contributed by atoms with Crippen LogP contribution < -0.4 is 0 Å². The van der Waals surface area contributed by atoms with Crippen molar-refractivity contribution in [1.82, 2.24) is 0 Å². The molecule has 0 nitrogen and oxygen atoms in total. The second-order valence-electron chi connectivity index (χ2n) is 4.19. The van der Waals surface area contributed by atoms with E-state index in [1.54, 1.807) is 0 Å². The minimum absolute atomic E-state index is 0.315. The van der Waals surface area contributed by atoms with Gasteiger partial charge in [-0.25, -0.2) is 0 Å². The lowest BCUT2D eigenvalue weighted by Crippen LogP contribution is -2.14. The minimum atomic E-state index is 0.315. The summed E-state index contributed by atoms with van der Waals surface area (Å²) in [7, 11) is 0. The van der Waals surface area contributed by atoms with Crippen LogP contribution in [0.2, 0.25) is 0 Å². The van der Waals surface area contributed by atoms with Crippen molar-refractivity contribution < 1.29 is 0 Å². The normalized spacial score (nSPS) is 11.7. The zero-order valence-electron chi connectivity index (χ0n) is 9.63. The Morgan fingerprint density at radius 2 is 1.64 bits per heavy atom. The molecule has 78 valence electrons. The van der Waals surface area contributed by atoms with Crippen LogP contribution in [-0.2, 0) is 5.41 Å². The SMILES string of the molecule is CCSc1ccc(C(C)(C)CC)cc1. The smallest absolute Gasteiger partial charge is 0.00720 e. The van der Waals surface area contributed by atoms with Crippen LogP contribution in [0.5, 0.6) is 0 Å². The van der Waals surface area contributed by atoms with E-state index in [0.717, 1.165) is 5.75 Å². The van der Waals surface area contributed by atoms with Crippen LogP contribution in [0, 0.1) is 0 Å². The van der Waals surface area contributed by atoms with Gasteiger partial charge in [0.15, 0.2) is 0 Å². The summed E-state index contributed by atoms with van der Waals surface area (Å²) in [4.78, 5) is 1.38. The summed E-state index contributed by atoms with van der Waals surface area (Å²) in [6.45, 7) is 9.03. The second kappa shape index (κ2) is 4.88. The maximum absolute atomic E-state index is 2.30. The van der Waals surface area contributed by atoms with Crippen LogP contribution in [-0.4, -0.2) is 5.75 Å². The van der Waals surface area contributed by atoms with Gasteiger partial charge in [0.05, 0.1) is 0 Å². The molecule has 1 aromatic rings. The van der Waals surface area contributed by atoms with Gasteiger partial charge in [0.2, 0.25) is 0 Å². The quantitative estimate of drug-likeness (QED) is 0.657. The molecule has 14 heavy (non-hydrogen) atoms. The van der Waals surface area contributed by atoms with Crippen molar-refractivity contribution in [3.05, 3.63) is 29.8 Å². The van der Waals surface area contributed by atoms with E-state index in [2.05, 4.69) is 52.0 Å². The average molecular weight is 208 g/mol. The van der Waals surface area contributed by atoms with Crippen LogP contribution in [0.15, 0.2) is 29.2 Å². The van der Waals surface area contributed by atoms with Gasteiger partial charge in [-0.05, 0) is 35.3 Å². The predicted molar refractivity (Wildman–Crippen MR) is 66.2 cm³/mol. The van der Waals surface area contributed by atoms with Crippen LogP contribution in [0.3, 0.4) is 0 Å². The highest BCUT2D eigenvalue weighted by molar-refractivity contribution is 7.99. The first-order valence-electron chi connectivity index (χ1n) is 5.33. The van der Waals surface area contributed by atoms with Crippen molar-refractivity contribution in [2.45, 2.75) is 44.4 Å². The minimum Gasteiger partial charge on any atom is -0.126 e. The van der Waals surface area contributed by atoms with Gasteiger partial charge < -0.3 is 0 Å². The fourth-order valence-electron chi connectivity index (χ4n) is 1.37. The number of hydrogen-bond donors (Lipinski definition) is 0. The van der Waals surface area contributed by atoms with E-state index in [0.29, 0.717) is 5.41 Å². The first kappa shape index (κ1) is 11.6. The Bertz CT molecular complexity index is 272. The molecule has 1 aromatic carbocycles. The van der Waals surface area contributed by atoms with Gasteiger partial charge in [-0.3, -0.25) is 0 Å². The molecule has 0 aliphatic heterocycles. The summed E-state index contributed by atoms with van der Waals surface area (Å²) < 4.78 is 0. The maximum atomic E-state index is 2.30. The van der Waals surface area contributed by atoms with Crippen molar-refractivity contribution in [2.24, 2.45) is 0 Å². The summed E-state index contributed by atoms with van der Waals surface area (Å²) in [5, 5.41) is 0. The molecule has 0 fully saturated rings. The Kier molecular flexibility index (Phi) is 4.06. The summed E-state index contributed by atoms with van der Waals surface area (Å²) in [6, 6.07) is 9.00. The Hall–Kier alpha value is -0.430. The standard InChI is InChI=1S/C13H20S/c1-5-13(3,4)11-7-9-12(10-8-11)14-6-2/h7-10H,5-6H2,1-4H3. The van der Waals surface area contributed by atoms with E-state index < -0.39 is 0 Å². The Labute approximate surface area is 92.1 Å². The van der Waals surface area contributed by atoms with Gasteiger partial charge in [-0.1, -0.05) is 39.8 Å². The molecule has 1 heteroatoms. The average Bonchev–Trinajstić information content (AvgIpc) is 2.19. The predicted octanol–water partition coefficient (Wildman–Crippen LogP) is 4.49. The summed E-state index contributed by atoms with van der Waals surface area (Å²) >= 11 is 1.90. The van der Waals surface area contributed by atoms with Gasteiger partial charge >= 0.3 is 0 Å². The van der Waals surface area contributed by atoms with Gasteiger partial charge in [-0.15, -0.1) is 11.8 Å². The first-order valence-corrected chi connectivity index (χ1v) is 6.32. The van der Waals surface area contributed by atoms with Crippen molar-refractivity contribution >= 4 is 11.8 Å². The highest BCUT2D eigenvalue weighted by Crippen LogP contribution is 2.28. The molecule has 0 aromatic heterocycles. The van der Waals surface area contributed by atoms with Crippen LogP contribution in [0.1, 0.15) is 39.7 Å². The van der Waals surface area contributed by atoms with E-state index >= 15 is 0 Å². The molecule has 0 saturated heterocycles. The third-order valence-electron chi connectivity index (χ3n) is 2.83. The highest BCUT2D eigenvalue weighted by Gasteiger charge is 2.17. The molecule has 0 N–H and O–H groups in total. The van der Waals surface area contributed by atoms with Crippen LogP contribution >= 0.6 is 11.8 Å². The van der Waals surface area contributed by atoms with Crippen LogP contribution in [0.25, 0.3) is 0 Å². The topological polar surface area (TPSA) is 0 Å². The molecule has 0 atom stereocenters. The summed E-state index contributed by atoms with van der Waals surface area (Å²) in [5.41, 5.74) is 1.76. The van der Waals surface area contributed by atoms with E-state index in [1.807, 2.05) is 11.8 Å². The van der Waals surface area contributed by atoms with Crippen molar-refractivity contribution in [3.8, 4) is 0 Å². The molecule has 0 unspecified atom stereocenters. The van der Waals surface area contributed by atoms with Gasteiger partial charge in [-0.2, -0.15) is 0 Å². The van der Waals surface area contributed by atoms with Crippen molar-refractivity contribution in [1.29, 1.82) is 0 Å². The Morgan fingerprint density at radius 3 is 2.07 bits per heavy atom. The van der Waals surface area contributed by atoms with Crippen molar-refractivity contribution in [3.63, 3.8) is 0 Å². The Balaban J connectivity index is 2.82. The van der Waals surface area contributed by atoms with Gasteiger partial charge in [0.1, 0.15) is 0 Å². The maximum Gasteiger partial charge on any atom is 0.00720 e. The monoisotopic (exact) mass is 208 g/mol. The van der Waals surface area contributed by atoms with E-state index in [9.17, 15) is 0 Å². The fourth-order valence-corrected chi connectivity index (χ4v) is 2.04. The summed E-state index contributed by atoms with van der Waals surface area (Å²) in [5.74, 6) is 1.15. The van der Waals surface area contributed by atoms with Crippen molar-refractivity contribution in [2.75, 3.05) is 5.75 Å². The largest absolute Gasteiger partial charge is 0.126 e. The lowest BCUT2D eigenvalue weighted by molar-refractivity contribution is 0.506. The molecule has 0 radical (unpaired) electrons. The van der Waals surface area contributed by atoms with Gasteiger partial charge in [0.25, 0.3) is 0 Å². The zero-order valence-corrected chi connectivity index (χ0v) is 10.4. The molecule has 0 aliphatic rings. The summed E-state index contributed by atoms with van der Waals surface area (Å²) in [6.07, 6.45) is 1.19. The fraction of sp³-hybridized carbons (Fsp3) is 0.538. The van der Waals surface area contributed by atoms with E-state index in [1.165, 1.54) is 16.9 Å². The molecule has 0 bridgehead atoms. The first-order chi connectivity index (χ1) is 6.60. The second-order valence-corrected chi connectivity index (χ2v) is 5.53. The number of rotatable bonds is 4. The lowest BCUT2D eigenvalue weighted by Gasteiger charge is -2.23. The molecular weight excluding hydrogens is 188 g/mol. The zero-order chi connectivity index (χ0) is 10.6. The number of hydrogen-bond acceptors (Lipinski definition) is 1. The Morgan fingerprint density at radius 1 is 1.07 bits per heavy atom. The molecule has 1 rings (SSSR count). The van der Waals surface area contributed by atoms with Gasteiger partial charge in [0, 0.05) is 4.90 Å². The molecule has 0 saturated carbocycles. The van der Waals surface area contributed by atoms with E-state index in [4.69, 9.17) is 0 Å². The third-order valence-corrected chi connectivity index (χ3v) is 3.72. The number of benzene rings is 1. The lowest BCUT2D eigenvalue weighted by atomic mass is 9.82. The molecule has 0 aliphatic carbocycles. The molecule has 0 spiro atoms. The molecular formula is C13H20S. The van der Waals surface area contributed by atoms with E-state index in [-0.39, 0.29) is 0 Å². The number of thioether (sulfide) groups is 1. The van der Waals surface area contributed by atoms with Crippen LogP contribution in [0.4, 0.5) is 0 Å². The molecule has 0 heterocycles. The highest BCUT2D eigenvalue weighted by atomic mass is 32.2.